The van der Waals surface area contributed by atoms with Crippen molar-refractivity contribution in [2.24, 2.45) is 0 Å². The number of hydrogen-bond donors (Lipinski definition) is 3. The van der Waals surface area contributed by atoms with Crippen LogP contribution in [0.3, 0.4) is 0 Å². The lowest BCUT2D eigenvalue weighted by molar-refractivity contribution is -0.136. The summed E-state index contributed by atoms with van der Waals surface area (Å²) in [5, 5.41) is 17.2. The van der Waals surface area contributed by atoms with E-state index in [1.54, 1.807) is 17.3 Å². The van der Waals surface area contributed by atoms with Gasteiger partial charge in [0.2, 0.25) is 23.5 Å². The SMILES string of the molecule is Cc1cc2ncc(NC(=O)Nc3cnc(-c4noc(CCCCCCN5CCN(c6ccc7c(c6)CN(C6CCC(=O)NC6=O)C7=O)CC5)n4)c(C)c3)c(C3CCCC3)n2n1. The molecule has 17 heteroatoms. The molecule has 4 aliphatic rings. The molecule has 3 N–H and O–H groups in total. The van der Waals surface area contributed by atoms with Gasteiger partial charge in [0.05, 0.1) is 35.2 Å². The van der Waals surface area contributed by atoms with Gasteiger partial charge in [-0.05, 0) is 87.9 Å². The van der Waals surface area contributed by atoms with Crippen molar-refractivity contribution in [1.29, 1.82) is 0 Å². The number of urea groups is 1. The zero-order chi connectivity index (χ0) is 42.0. The number of nitrogens with zero attached hydrogens (tertiary/aromatic N) is 9. The second-order valence-corrected chi connectivity index (χ2v) is 16.8. The van der Waals surface area contributed by atoms with Gasteiger partial charge in [-0.25, -0.2) is 14.3 Å². The fraction of sp³-hybridized carbons (Fsp3) is 0.477. The first-order valence-electron chi connectivity index (χ1n) is 21.6. The molecule has 61 heavy (non-hydrogen) atoms. The third kappa shape index (κ3) is 8.69. The van der Waals surface area contributed by atoms with Crippen LogP contribution in [0.5, 0.6) is 0 Å². The summed E-state index contributed by atoms with van der Waals surface area (Å²) < 4.78 is 7.46. The van der Waals surface area contributed by atoms with Crippen LogP contribution in [0, 0.1) is 13.8 Å². The smallest absolute Gasteiger partial charge is 0.323 e. The standard InChI is InChI=1S/C44H52N12O5/c1-27-21-31(47-44(60)48-34-25-45-36-22-28(2)51-56(36)40(34)29-9-6-7-10-29)24-46-39(27)41-50-38(61-52-41)11-5-3-4-8-16-53-17-19-54(20-18-53)32-12-13-33-30(23-32)26-55(43(33)59)35-14-15-37(57)49-42(35)58/h12-13,21-25,29,35H,3-11,14-20,26H2,1-2H3,(H2,47,48,60)(H,49,57,58). The number of imide groups is 1. The Labute approximate surface area is 353 Å². The van der Waals surface area contributed by atoms with Crippen molar-refractivity contribution in [3.8, 4) is 11.5 Å². The number of piperidine rings is 1. The Balaban J connectivity index is 0.692. The van der Waals surface area contributed by atoms with E-state index < -0.39 is 6.04 Å². The van der Waals surface area contributed by atoms with Crippen LogP contribution in [0.2, 0.25) is 0 Å². The highest BCUT2D eigenvalue weighted by atomic mass is 16.5. The van der Waals surface area contributed by atoms with Crippen molar-refractivity contribution in [2.45, 2.75) is 103 Å². The van der Waals surface area contributed by atoms with Gasteiger partial charge in [0, 0.05) is 68.8 Å². The van der Waals surface area contributed by atoms with Crippen molar-refractivity contribution in [3.05, 3.63) is 76.7 Å². The minimum atomic E-state index is -0.602. The van der Waals surface area contributed by atoms with Crippen molar-refractivity contribution in [3.63, 3.8) is 0 Å². The lowest BCUT2D eigenvalue weighted by atomic mass is 10.0. The number of unbranched alkanes of at least 4 members (excludes halogenated alkanes) is 3. The zero-order valence-corrected chi connectivity index (χ0v) is 34.8. The fourth-order valence-electron chi connectivity index (χ4n) is 9.32. The summed E-state index contributed by atoms with van der Waals surface area (Å²) in [6.45, 7) is 9.07. The number of pyridine rings is 1. The van der Waals surface area contributed by atoms with Gasteiger partial charge in [-0.2, -0.15) is 10.1 Å². The number of fused-ring (bicyclic) bond motifs is 2. The molecule has 3 fully saturated rings. The molecule has 4 aromatic heterocycles. The van der Waals surface area contributed by atoms with E-state index in [0.29, 0.717) is 59.7 Å². The molecule has 1 aliphatic carbocycles. The normalized spacial score (nSPS) is 18.6. The summed E-state index contributed by atoms with van der Waals surface area (Å²) in [6, 6.07) is 8.80. The molecular weight excluding hydrogens is 777 g/mol. The van der Waals surface area contributed by atoms with Crippen LogP contribution in [-0.4, -0.2) is 102 Å². The Bertz CT molecular complexity index is 2470. The first-order chi connectivity index (χ1) is 29.7. The molecule has 5 aromatic rings. The number of piperazine rings is 1. The lowest BCUT2D eigenvalue weighted by Gasteiger charge is -2.36. The maximum absolute atomic E-state index is 13.2. The quantitative estimate of drug-likeness (QED) is 0.0958. The first kappa shape index (κ1) is 40.2. The molecule has 0 spiro atoms. The molecule has 1 atom stereocenters. The second kappa shape index (κ2) is 17.4. The largest absolute Gasteiger partial charge is 0.369 e. The maximum atomic E-state index is 13.2. The molecule has 1 unspecified atom stereocenters. The third-order valence-corrected chi connectivity index (χ3v) is 12.5. The number of benzene rings is 1. The number of nitrogens with one attached hydrogen (secondary N) is 3. The summed E-state index contributed by atoms with van der Waals surface area (Å²) in [5.74, 6) is 0.522. The molecule has 1 aromatic carbocycles. The number of amides is 5. The summed E-state index contributed by atoms with van der Waals surface area (Å²) in [4.78, 5) is 70.5. The minimum Gasteiger partial charge on any atom is -0.369 e. The summed E-state index contributed by atoms with van der Waals surface area (Å²) >= 11 is 0. The van der Waals surface area contributed by atoms with Crippen LogP contribution < -0.4 is 20.9 Å². The number of aromatic nitrogens is 6. The topological polar surface area (TPSA) is 196 Å². The molecule has 2 saturated heterocycles. The van der Waals surface area contributed by atoms with E-state index in [0.717, 1.165) is 118 Å². The van der Waals surface area contributed by atoms with E-state index in [2.05, 4.69) is 57.0 Å². The number of anilines is 3. The van der Waals surface area contributed by atoms with Crippen LogP contribution in [0.15, 0.2) is 47.2 Å². The van der Waals surface area contributed by atoms with Gasteiger partial charge in [-0.1, -0.05) is 30.8 Å². The van der Waals surface area contributed by atoms with Crippen LogP contribution in [0.1, 0.15) is 109 Å². The molecule has 318 valence electrons. The Morgan fingerprint density at radius 2 is 1.74 bits per heavy atom. The third-order valence-electron chi connectivity index (χ3n) is 12.5. The number of carbonyl (C=O) groups is 4. The minimum absolute atomic E-state index is 0.142. The van der Waals surface area contributed by atoms with Gasteiger partial charge in [-0.3, -0.25) is 29.6 Å². The predicted molar refractivity (Wildman–Crippen MR) is 227 cm³/mol. The van der Waals surface area contributed by atoms with E-state index in [-0.39, 0.29) is 30.2 Å². The second-order valence-electron chi connectivity index (χ2n) is 16.8. The van der Waals surface area contributed by atoms with E-state index in [4.69, 9.17) is 4.52 Å². The van der Waals surface area contributed by atoms with Crippen molar-refractivity contribution >= 4 is 46.5 Å². The monoisotopic (exact) mass is 828 g/mol. The summed E-state index contributed by atoms with van der Waals surface area (Å²) in [5.41, 5.74) is 7.97. The lowest BCUT2D eigenvalue weighted by Crippen LogP contribution is -2.52. The molecule has 7 heterocycles. The van der Waals surface area contributed by atoms with E-state index >= 15 is 0 Å². The van der Waals surface area contributed by atoms with Crippen molar-refractivity contribution in [1.82, 2.24) is 44.8 Å². The van der Waals surface area contributed by atoms with E-state index in [1.807, 2.05) is 42.6 Å². The highest BCUT2D eigenvalue weighted by Crippen LogP contribution is 2.38. The number of aryl methyl sites for hydroxylation is 3. The Morgan fingerprint density at radius 3 is 2.54 bits per heavy atom. The molecular formula is C44H52N12O5. The van der Waals surface area contributed by atoms with Gasteiger partial charge < -0.3 is 25.0 Å². The predicted octanol–water partition coefficient (Wildman–Crippen LogP) is 5.78. The first-order valence-corrected chi connectivity index (χ1v) is 21.6. The summed E-state index contributed by atoms with van der Waals surface area (Å²) in [6.07, 6.45) is 13.3. The Morgan fingerprint density at radius 1 is 0.918 bits per heavy atom. The molecule has 0 radical (unpaired) electrons. The highest BCUT2D eigenvalue weighted by molar-refractivity contribution is 6.05. The molecule has 5 amide bonds. The van der Waals surface area contributed by atoms with Gasteiger partial charge >= 0.3 is 6.03 Å². The fourth-order valence-corrected chi connectivity index (χ4v) is 9.32. The van der Waals surface area contributed by atoms with E-state index in [9.17, 15) is 19.2 Å². The Kier molecular flexibility index (Phi) is 11.5. The van der Waals surface area contributed by atoms with E-state index in [1.165, 1.54) is 0 Å². The Hall–Kier alpha value is -6.23. The zero-order valence-electron chi connectivity index (χ0n) is 34.8. The molecule has 3 aliphatic heterocycles. The molecule has 9 rings (SSSR count). The average Bonchev–Trinajstić information content (AvgIpc) is 4.07. The average molecular weight is 829 g/mol. The van der Waals surface area contributed by atoms with Crippen LogP contribution in [0.25, 0.3) is 17.2 Å². The van der Waals surface area contributed by atoms with Crippen molar-refractivity contribution in [2.75, 3.05) is 48.3 Å². The highest BCUT2D eigenvalue weighted by Gasteiger charge is 2.39. The van der Waals surface area contributed by atoms with Crippen LogP contribution in [-0.2, 0) is 22.6 Å². The number of carbonyl (C=O) groups excluding carboxylic acids is 4. The van der Waals surface area contributed by atoms with Crippen molar-refractivity contribution < 1.29 is 23.7 Å². The van der Waals surface area contributed by atoms with Crippen LogP contribution in [0.4, 0.5) is 21.9 Å². The van der Waals surface area contributed by atoms with Gasteiger partial charge in [0.15, 0.2) is 5.65 Å². The van der Waals surface area contributed by atoms with Gasteiger partial charge in [0.1, 0.15) is 11.7 Å². The molecule has 0 bridgehead atoms. The molecule has 1 saturated carbocycles. The van der Waals surface area contributed by atoms with Crippen LogP contribution >= 0.6 is 0 Å². The molecule has 17 nitrogen and oxygen atoms in total. The number of rotatable bonds is 13. The van der Waals surface area contributed by atoms with Gasteiger partial charge in [-0.15, -0.1) is 0 Å². The maximum Gasteiger partial charge on any atom is 0.323 e. The summed E-state index contributed by atoms with van der Waals surface area (Å²) in [7, 11) is 0. The number of hydrogen-bond acceptors (Lipinski definition) is 12. The van der Waals surface area contributed by atoms with Gasteiger partial charge in [0.25, 0.3) is 5.91 Å².